The highest BCUT2D eigenvalue weighted by atomic mass is 35.5. The predicted molar refractivity (Wildman–Crippen MR) is 79.7 cm³/mol. The number of nitrogens with zero attached hydrogens (tertiary/aromatic N) is 2. The molecule has 0 aliphatic rings. The lowest BCUT2D eigenvalue weighted by molar-refractivity contribution is 0.383. The first-order chi connectivity index (χ1) is 9.93. The van der Waals surface area contributed by atoms with Crippen LogP contribution in [0, 0.1) is 5.82 Å². The van der Waals surface area contributed by atoms with Gasteiger partial charge in [0, 0.05) is 17.5 Å². The summed E-state index contributed by atoms with van der Waals surface area (Å²) in [4.78, 5) is 16.3. The van der Waals surface area contributed by atoms with Gasteiger partial charge < -0.3 is 4.74 Å². The van der Waals surface area contributed by atoms with Gasteiger partial charge in [0.05, 0.1) is 13.7 Å². The fraction of sp³-hybridized carbons (Fsp3) is 0.333. The molecule has 0 amide bonds. The molecule has 0 unspecified atom stereocenters. The van der Waals surface area contributed by atoms with Gasteiger partial charge in [0.1, 0.15) is 11.0 Å². The first-order valence-corrected chi connectivity index (χ1v) is 6.90. The second-order valence-corrected chi connectivity index (χ2v) is 5.34. The standard InChI is InChI=1S/C15H16ClFN2O2/c1-9(2)15-18-12(16)7-13(20)19(15)8-10-5-4-6-11(21-3)14(10)17/h4-7,9H,8H2,1-3H3. The molecule has 0 fully saturated rings. The van der Waals surface area contributed by atoms with Gasteiger partial charge in [-0.2, -0.15) is 0 Å². The van der Waals surface area contributed by atoms with Crippen LogP contribution >= 0.6 is 11.6 Å². The van der Waals surface area contributed by atoms with Crippen molar-refractivity contribution >= 4 is 11.6 Å². The van der Waals surface area contributed by atoms with Gasteiger partial charge in [0.15, 0.2) is 11.6 Å². The normalized spacial score (nSPS) is 11.0. The van der Waals surface area contributed by atoms with Crippen LogP contribution in [0.5, 0.6) is 5.75 Å². The predicted octanol–water partition coefficient (Wildman–Crippen LogP) is 3.22. The van der Waals surface area contributed by atoms with E-state index < -0.39 is 5.82 Å². The van der Waals surface area contributed by atoms with Crippen LogP contribution in [0.2, 0.25) is 5.15 Å². The summed E-state index contributed by atoms with van der Waals surface area (Å²) in [5, 5.41) is 0.145. The molecule has 0 aliphatic heterocycles. The molecule has 0 aliphatic carbocycles. The van der Waals surface area contributed by atoms with Crippen molar-refractivity contribution in [3.63, 3.8) is 0 Å². The van der Waals surface area contributed by atoms with Crippen LogP contribution in [0.1, 0.15) is 31.2 Å². The summed E-state index contributed by atoms with van der Waals surface area (Å²) < 4.78 is 20.6. The minimum atomic E-state index is -0.475. The molecule has 0 saturated carbocycles. The van der Waals surface area contributed by atoms with Crippen LogP contribution in [-0.2, 0) is 6.54 Å². The molecule has 0 radical (unpaired) electrons. The first-order valence-electron chi connectivity index (χ1n) is 6.52. The van der Waals surface area contributed by atoms with Crippen LogP contribution in [0.15, 0.2) is 29.1 Å². The third-order valence-electron chi connectivity index (χ3n) is 3.11. The number of aromatic nitrogens is 2. The van der Waals surface area contributed by atoms with Gasteiger partial charge in [-0.1, -0.05) is 37.6 Å². The lowest BCUT2D eigenvalue weighted by Gasteiger charge is -2.15. The van der Waals surface area contributed by atoms with E-state index in [9.17, 15) is 9.18 Å². The van der Waals surface area contributed by atoms with Gasteiger partial charge in [-0.15, -0.1) is 0 Å². The highest BCUT2D eigenvalue weighted by Gasteiger charge is 2.15. The van der Waals surface area contributed by atoms with E-state index in [4.69, 9.17) is 16.3 Å². The molecule has 0 atom stereocenters. The minimum absolute atomic E-state index is 0.00920. The number of hydrogen-bond acceptors (Lipinski definition) is 3. The van der Waals surface area contributed by atoms with E-state index in [1.165, 1.54) is 23.8 Å². The summed E-state index contributed by atoms with van der Waals surface area (Å²) in [6, 6.07) is 6.06. The molecule has 2 rings (SSSR count). The van der Waals surface area contributed by atoms with E-state index in [0.717, 1.165) is 0 Å². The smallest absolute Gasteiger partial charge is 0.255 e. The van der Waals surface area contributed by atoms with E-state index in [-0.39, 0.29) is 28.9 Å². The van der Waals surface area contributed by atoms with Crippen LogP contribution < -0.4 is 10.3 Å². The maximum absolute atomic E-state index is 14.2. The summed E-state index contributed by atoms with van der Waals surface area (Å²) in [5.41, 5.74) is 0.0587. The lowest BCUT2D eigenvalue weighted by atomic mass is 10.1. The Morgan fingerprint density at radius 3 is 2.76 bits per heavy atom. The summed E-state index contributed by atoms with van der Waals surface area (Å²) in [6.07, 6.45) is 0. The second-order valence-electron chi connectivity index (χ2n) is 4.95. The molecule has 0 bridgehead atoms. The van der Waals surface area contributed by atoms with E-state index in [1.807, 2.05) is 13.8 Å². The largest absolute Gasteiger partial charge is 0.494 e. The molecule has 21 heavy (non-hydrogen) atoms. The zero-order valence-corrected chi connectivity index (χ0v) is 12.8. The third-order valence-corrected chi connectivity index (χ3v) is 3.31. The first kappa shape index (κ1) is 15.5. The Labute approximate surface area is 127 Å². The Kier molecular flexibility index (Phi) is 4.63. The summed E-state index contributed by atoms with van der Waals surface area (Å²) in [6.45, 7) is 3.88. The van der Waals surface area contributed by atoms with Crippen molar-refractivity contribution in [2.75, 3.05) is 7.11 Å². The van der Waals surface area contributed by atoms with Crippen LogP contribution in [-0.4, -0.2) is 16.7 Å². The Hall–Kier alpha value is -1.88. The Morgan fingerprint density at radius 1 is 1.43 bits per heavy atom. The van der Waals surface area contributed by atoms with E-state index in [1.54, 1.807) is 12.1 Å². The quantitative estimate of drug-likeness (QED) is 0.814. The fourth-order valence-corrected chi connectivity index (χ4v) is 2.28. The SMILES string of the molecule is COc1cccc(Cn2c(C(C)C)nc(Cl)cc2=O)c1F. The van der Waals surface area contributed by atoms with Gasteiger partial charge in [-0.3, -0.25) is 9.36 Å². The number of ether oxygens (including phenoxy) is 1. The second kappa shape index (κ2) is 6.26. The van der Waals surface area contributed by atoms with Crippen molar-refractivity contribution in [2.45, 2.75) is 26.3 Å². The molecular weight excluding hydrogens is 295 g/mol. The number of methoxy groups -OCH3 is 1. The molecule has 112 valence electrons. The number of benzene rings is 1. The molecule has 4 nitrogen and oxygen atoms in total. The van der Waals surface area contributed by atoms with E-state index >= 15 is 0 Å². The van der Waals surface area contributed by atoms with Gasteiger partial charge in [0.25, 0.3) is 5.56 Å². The average molecular weight is 311 g/mol. The molecule has 2 aromatic rings. The Bertz CT molecular complexity index is 713. The van der Waals surface area contributed by atoms with E-state index in [2.05, 4.69) is 4.98 Å². The number of halogens is 2. The van der Waals surface area contributed by atoms with Crippen molar-refractivity contribution in [3.05, 3.63) is 57.0 Å². The maximum atomic E-state index is 14.2. The van der Waals surface area contributed by atoms with Crippen molar-refractivity contribution in [2.24, 2.45) is 0 Å². The summed E-state index contributed by atoms with van der Waals surface area (Å²) in [7, 11) is 1.40. The number of hydrogen-bond donors (Lipinski definition) is 0. The van der Waals surface area contributed by atoms with Crippen molar-refractivity contribution in [3.8, 4) is 5.75 Å². The monoisotopic (exact) mass is 310 g/mol. The van der Waals surface area contributed by atoms with Crippen LogP contribution in [0.3, 0.4) is 0 Å². The lowest BCUT2D eigenvalue weighted by Crippen LogP contribution is -2.26. The zero-order valence-electron chi connectivity index (χ0n) is 12.1. The van der Waals surface area contributed by atoms with Gasteiger partial charge in [0.2, 0.25) is 0 Å². The Morgan fingerprint density at radius 2 is 2.14 bits per heavy atom. The maximum Gasteiger partial charge on any atom is 0.255 e. The molecule has 6 heteroatoms. The van der Waals surface area contributed by atoms with Gasteiger partial charge in [-0.25, -0.2) is 9.37 Å². The molecular formula is C15H16ClFN2O2. The van der Waals surface area contributed by atoms with E-state index in [0.29, 0.717) is 11.4 Å². The molecule has 1 heterocycles. The van der Waals surface area contributed by atoms with Crippen molar-refractivity contribution in [1.29, 1.82) is 0 Å². The third kappa shape index (κ3) is 3.24. The fourth-order valence-electron chi connectivity index (χ4n) is 2.10. The molecule has 0 saturated heterocycles. The molecule has 1 aromatic heterocycles. The minimum Gasteiger partial charge on any atom is -0.494 e. The zero-order chi connectivity index (χ0) is 15.6. The molecule has 0 spiro atoms. The van der Waals surface area contributed by atoms with Gasteiger partial charge >= 0.3 is 0 Å². The average Bonchev–Trinajstić information content (AvgIpc) is 2.43. The molecule has 0 N–H and O–H groups in total. The van der Waals surface area contributed by atoms with Gasteiger partial charge in [-0.05, 0) is 6.07 Å². The highest BCUT2D eigenvalue weighted by molar-refractivity contribution is 6.29. The summed E-state index contributed by atoms with van der Waals surface area (Å²) in [5.74, 6) is 0.185. The summed E-state index contributed by atoms with van der Waals surface area (Å²) >= 11 is 5.83. The van der Waals surface area contributed by atoms with Crippen molar-refractivity contribution in [1.82, 2.24) is 9.55 Å². The molecule has 1 aromatic carbocycles. The number of rotatable bonds is 4. The highest BCUT2D eigenvalue weighted by Crippen LogP contribution is 2.21. The van der Waals surface area contributed by atoms with Crippen molar-refractivity contribution < 1.29 is 9.13 Å². The topological polar surface area (TPSA) is 44.1 Å². The Balaban J connectivity index is 2.52. The van der Waals surface area contributed by atoms with Crippen LogP contribution in [0.4, 0.5) is 4.39 Å². The van der Waals surface area contributed by atoms with Crippen LogP contribution in [0.25, 0.3) is 0 Å².